The van der Waals surface area contributed by atoms with E-state index in [-0.39, 0.29) is 24.9 Å². The second kappa shape index (κ2) is 7.77. The minimum Gasteiger partial charge on any atom is -0.486 e. The van der Waals surface area contributed by atoms with Crippen LogP contribution in [0.4, 0.5) is 0 Å². The highest BCUT2D eigenvalue weighted by molar-refractivity contribution is 6.32. The zero-order valence-corrected chi connectivity index (χ0v) is 14.3. The van der Waals surface area contributed by atoms with Gasteiger partial charge in [-0.25, -0.2) is 0 Å². The zero-order valence-electron chi connectivity index (χ0n) is 12.7. The van der Waals surface area contributed by atoms with Gasteiger partial charge in [-0.1, -0.05) is 11.6 Å². The number of fused-ring (bicyclic) bond motifs is 1. The number of likely N-dealkylation sites (tertiary alicyclic amines) is 1. The quantitative estimate of drug-likeness (QED) is 0.823. The van der Waals surface area contributed by atoms with Gasteiger partial charge in [0.05, 0.1) is 10.9 Å². The molecule has 1 saturated heterocycles. The van der Waals surface area contributed by atoms with Crippen molar-refractivity contribution >= 4 is 42.0 Å². The molecule has 0 aliphatic carbocycles. The Hall–Kier alpha value is -1.92. The van der Waals surface area contributed by atoms with Crippen LogP contribution >= 0.6 is 24.0 Å². The molecule has 0 saturated carbocycles. The molecule has 1 N–H and O–H groups in total. The van der Waals surface area contributed by atoms with E-state index in [0.29, 0.717) is 42.7 Å². The van der Waals surface area contributed by atoms with Crippen molar-refractivity contribution in [1.82, 2.24) is 4.90 Å². The Balaban J connectivity index is 0.00000208. The molecule has 1 amide bonds. The van der Waals surface area contributed by atoms with Crippen molar-refractivity contribution in [3.05, 3.63) is 28.8 Å². The summed E-state index contributed by atoms with van der Waals surface area (Å²) in [6, 6.07) is 3.46. The Kier molecular flexibility index (Phi) is 5.96. The molecule has 0 spiro atoms. The van der Waals surface area contributed by atoms with Crippen LogP contribution in [0.15, 0.2) is 18.2 Å². The van der Waals surface area contributed by atoms with E-state index in [0.717, 1.165) is 5.56 Å². The summed E-state index contributed by atoms with van der Waals surface area (Å²) >= 11 is 6.14. The highest BCUT2D eigenvalue weighted by Gasteiger charge is 2.29. The number of nitrogens with zero attached hydrogens (tertiary/aromatic N) is 1. The summed E-state index contributed by atoms with van der Waals surface area (Å²) in [5, 5.41) is 9.40. The first-order valence-electron chi connectivity index (χ1n) is 7.33. The van der Waals surface area contributed by atoms with E-state index < -0.39 is 11.9 Å². The van der Waals surface area contributed by atoms with Crippen molar-refractivity contribution in [2.75, 3.05) is 26.3 Å². The topological polar surface area (TPSA) is 76.1 Å². The molecule has 130 valence electrons. The fourth-order valence-corrected chi connectivity index (χ4v) is 2.94. The molecule has 6 nitrogen and oxygen atoms in total. The minimum atomic E-state index is -0.858. The number of amides is 1. The highest BCUT2D eigenvalue weighted by atomic mass is 35.5. The lowest BCUT2D eigenvalue weighted by atomic mass is 10.1. The van der Waals surface area contributed by atoms with Crippen molar-refractivity contribution in [2.24, 2.45) is 5.92 Å². The molecule has 1 unspecified atom stereocenters. The average molecular weight is 374 g/mol. The number of benzene rings is 1. The summed E-state index contributed by atoms with van der Waals surface area (Å²) in [4.78, 5) is 24.6. The van der Waals surface area contributed by atoms with Gasteiger partial charge in [-0.2, -0.15) is 0 Å². The molecule has 3 rings (SSSR count). The van der Waals surface area contributed by atoms with Crippen LogP contribution in [0.25, 0.3) is 6.08 Å². The molecular weight excluding hydrogens is 357 g/mol. The molecule has 1 fully saturated rings. The maximum absolute atomic E-state index is 12.1. The summed E-state index contributed by atoms with van der Waals surface area (Å²) in [6.45, 7) is 1.63. The molecule has 0 bridgehead atoms. The summed E-state index contributed by atoms with van der Waals surface area (Å²) in [5.74, 6) is -0.466. The number of hydrogen-bond acceptors (Lipinski definition) is 4. The molecule has 1 aromatic carbocycles. The normalized spacial score (nSPS) is 19.2. The first kappa shape index (κ1) is 18.4. The maximum atomic E-state index is 12.1. The highest BCUT2D eigenvalue weighted by Crippen LogP contribution is 2.38. The van der Waals surface area contributed by atoms with E-state index in [1.54, 1.807) is 18.2 Å². The van der Waals surface area contributed by atoms with Crippen LogP contribution in [0.5, 0.6) is 11.5 Å². The second-order valence-electron chi connectivity index (χ2n) is 5.47. The summed E-state index contributed by atoms with van der Waals surface area (Å²) in [7, 11) is 0. The monoisotopic (exact) mass is 373 g/mol. The zero-order chi connectivity index (χ0) is 16.4. The van der Waals surface area contributed by atoms with E-state index in [9.17, 15) is 9.59 Å². The third kappa shape index (κ3) is 3.94. The Bertz CT molecular complexity index is 677. The van der Waals surface area contributed by atoms with Gasteiger partial charge in [0.25, 0.3) is 0 Å². The van der Waals surface area contributed by atoms with Crippen molar-refractivity contribution < 1.29 is 24.2 Å². The van der Waals surface area contributed by atoms with Crippen LogP contribution in [0.1, 0.15) is 12.0 Å². The molecule has 0 aromatic heterocycles. The van der Waals surface area contributed by atoms with Crippen molar-refractivity contribution in [3.63, 3.8) is 0 Å². The van der Waals surface area contributed by atoms with Gasteiger partial charge >= 0.3 is 5.97 Å². The Morgan fingerprint density at radius 2 is 2.04 bits per heavy atom. The number of rotatable bonds is 3. The van der Waals surface area contributed by atoms with Gasteiger partial charge in [-0.3, -0.25) is 9.59 Å². The third-order valence-electron chi connectivity index (χ3n) is 3.89. The van der Waals surface area contributed by atoms with Gasteiger partial charge < -0.3 is 19.5 Å². The van der Waals surface area contributed by atoms with Crippen LogP contribution in [0, 0.1) is 5.92 Å². The molecule has 2 aliphatic rings. The van der Waals surface area contributed by atoms with Crippen LogP contribution < -0.4 is 9.47 Å². The number of carboxylic acids is 1. The Labute approximate surface area is 150 Å². The lowest BCUT2D eigenvalue weighted by Crippen LogP contribution is -2.28. The third-order valence-corrected chi connectivity index (χ3v) is 4.17. The molecule has 2 aliphatic heterocycles. The average Bonchev–Trinajstić information content (AvgIpc) is 3.03. The summed E-state index contributed by atoms with van der Waals surface area (Å²) in [6.07, 6.45) is 3.55. The molecule has 8 heteroatoms. The van der Waals surface area contributed by atoms with E-state index in [1.165, 1.54) is 11.0 Å². The summed E-state index contributed by atoms with van der Waals surface area (Å²) in [5.41, 5.74) is 0.724. The lowest BCUT2D eigenvalue weighted by Gasteiger charge is -2.19. The number of carbonyl (C=O) groups excluding carboxylic acids is 1. The number of aliphatic carboxylic acids is 1. The molecule has 0 radical (unpaired) electrons. The fourth-order valence-electron chi connectivity index (χ4n) is 2.66. The maximum Gasteiger partial charge on any atom is 0.308 e. The van der Waals surface area contributed by atoms with Gasteiger partial charge in [0.2, 0.25) is 5.91 Å². The predicted molar refractivity (Wildman–Crippen MR) is 91.0 cm³/mol. The van der Waals surface area contributed by atoms with E-state index >= 15 is 0 Å². The number of ether oxygens (including phenoxy) is 2. The van der Waals surface area contributed by atoms with Crippen molar-refractivity contribution in [1.29, 1.82) is 0 Å². The number of carbonyl (C=O) groups is 2. The first-order chi connectivity index (χ1) is 11.0. The number of halogens is 2. The van der Waals surface area contributed by atoms with Crippen LogP contribution in [0.2, 0.25) is 5.02 Å². The van der Waals surface area contributed by atoms with Crippen molar-refractivity contribution in [3.8, 4) is 11.5 Å². The van der Waals surface area contributed by atoms with E-state index in [4.69, 9.17) is 26.2 Å². The van der Waals surface area contributed by atoms with Crippen LogP contribution in [-0.4, -0.2) is 48.2 Å². The fraction of sp³-hybridized carbons (Fsp3) is 0.375. The van der Waals surface area contributed by atoms with Gasteiger partial charge in [-0.05, 0) is 30.2 Å². The van der Waals surface area contributed by atoms with Crippen molar-refractivity contribution in [2.45, 2.75) is 6.42 Å². The smallest absolute Gasteiger partial charge is 0.308 e. The predicted octanol–water partition coefficient (Wildman–Crippen LogP) is 2.48. The molecule has 1 atom stereocenters. The largest absolute Gasteiger partial charge is 0.486 e. The lowest BCUT2D eigenvalue weighted by molar-refractivity contribution is -0.141. The SMILES string of the molecule is Cl.O=C(O)C1CCN(C(=O)C=Cc2cc(Cl)c3c(c2)OCCO3)C1. The summed E-state index contributed by atoms with van der Waals surface area (Å²) < 4.78 is 10.9. The van der Waals surface area contributed by atoms with Crippen LogP contribution in [-0.2, 0) is 9.59 Å². The number of hydrogen-bond donors (Lipinski definition) is 1. The standard InChI is InChI=1S/C16H16ClNO5.ClH/c17-12-7-10(8-13-15(12)23-6-5-22-13)1-2-14(19)18-4-3-11(9-18)16(20)21;/h1-2,7-8,11H,3-6,9H2,(H,20,21);1H. The second-order valence-corrected chi connectivity index (χ2v) is 5.88. The molecule has 24 heavy (non-hydrogen) atoms. The molecule has 2 heterocycles. The van der Waals surface area contributed by atoms with Gasteiger partial charge in [0.15, 0.2) is 11.5 Å². The minimum absolute atomic E-state index is 0. The van der Waals surface area contributed by atoms with Gasteiger partial charge in [0.1, 0.15) is 13.2 Å². The van der Waals surface area contributed by atoms with E-state index in [2.05, 4.69) is 0 Å². The number of carboxylic acid groups (broad SMARTS) is 1. The van der Waals surface area contributed by atoms with Crippen LogP contribution in [0.3, 0.4) is 0 Å². The molecule has 1 aromatic rings. The van der Waals surface area contributed by atoms with Gasteiger partial charge in [0, 0.05) is 19.2 Å². The Morgan fingerprint density at radius 1 is 1.29 bits per heavy atom. The van der Waals surface area contributed by atoms with Gasteiger partial charge in [-0.15, -0.1) is 12.4 Å². The molecular formula is C16H17Cl2NO5. The van der Waals surface area contributed by atoms with E-state index in [1.807, 2.05) is 0 Å². The Morgan fingerprint density at radius 3 is 2.75 bits per heavy atom. The first-order valence-corrected chi connectivity index (χ1v) is 7.71.